The van der Waals surface area contributed by atoms with Crippen molar-refractivity contribution < 1.29 is 14.6 Å². The van der Waals surface area contributed by atoms with Crippen LogP contribution in [0.1, 0.15) is 51.7 Å². The molecule has 0 amide bonds. The van der Waals surface area contributed by atoms with Gasteiger partial charge in [-0.05, 0) is 48.8 Å². The van der Waals surface area contributed by atoms with Crippen molar-refractivity contribution in [3.8, 4) is 0 Å². The van der Waals surface area contributed by atoms with E-state index in [-0.39, 0.29) is 12.1 Å². The molecule has 2 N–H and O–H groups in total. The van der Waals surface area contributed by atoms with Gasteiger partial charge in [0.2, 0.25) is 0 Å². The summed E-state index contributed by atoms with van der Waals surface area (Å²) < 4.78 is 4.88. The number of esters is 1. The number of nitrogens with one attached hydrogen (secondary N) is 1. The van der Waals surface area contributed by atoms with E-state index in [2.05, 4.69) is 19.2 Å². The first kappa shape index (κ1) is 16.8. The third kappa shape index (κ3) is 4.47. The minimum atomic E-state index is -0.374. The van der Waals surface area contributed by atoms with Crippen LogP contribution in [0.4, 0.5) is 5.69 Å². The molecule has 4 nitrogen and oxygen atoms in total. The van der Waals surface area contributed by atoms with Gasteiger partial charge in [-0.15, -0.1) is 0 Å². The Balaban J connectivity index is 1.79. The molecule has 1 unspecified atom stereocenters. The molecule has 0 saturated heterocycles. The second-order valence-electron chi connectivity index (χ2n) is 6.88. The number of benzene rings is 1. The zero-order chi connectivity index (χ0) is 16.2. The van der Waals surface area contributed by atoms with Crippen molar-refractivity contribution in [1.29, 1.82) is 0 Å². The van der Waals surface area contributed by atoms with E-state index in [0.717, 1.165) is 24.1 Å². The zero-order valence-corrected chi connectivity index (χ0v) is 13.8. The predicted octanol–water partition coefficient (Wildman–Crippen LogP) is 3.52. The normalized spacial score (nSPS) is 18.4. The van der Waals surface area contributed by atoms with Gasteiger partial charge in [0.25, 0.3) is 0 Å². The van der Waals surface area contributed by atoms with Crippen molar-refractivity contribution in [2.75, 3.05) is 18.5 Å². The first-order valence-corrected chi connectivity index (χ1v) is 8.09. The fourth-order valence-electron chi connectivity index (χ4n) is 3.20. The maximum Gasteiger partial charge on any atom is 0.307 e. The Hall–Kier alpha value is -1.55. The van der Waals surface area contributed by atoms with E-state index in [0.29, 0.717) is 30.9 Å². The number of anilines is 1. The number of aliphatic hydroxyl groups excluding tert-OH is 1. The van der Waals surface area contributed by atoms with Crippen LogP contribution in [0.2, 0.25) is 0 Å². The Morgan fingerprint density at radius 1 is 1.36 bits per heavy atom. The molecular weight excluding hydrogens is 278 g/mol. The maximum atomic E-state index is 11.2. The van der Waals surface area contributed by atoms with Gasteiger partial charge in [-0.2, -0.15) is 0 Å². The molecule has 0 aliphatic heterocycles. The van der Waals surface area contributed by atoms with Gasteiger partial charge in [-0.3, -0.25) is 4.79 Å². The van der Waals surface area contributed by atoms with E-state index >= 15 is 0 Å². The standard InChI is InChI=1S/C18H27NO3/c1-4-22-16(20)9-10-19-15-7-5-13(6-8-15)17(21)14-11-18(2,3)12-14/h5-8,14,17,19,21H,4,9-12H2,1-3H3. The van der Waals surface area contributed by atoms with Gasteiger partial charge in [0.15, 0.2) is 0 Å². The van der Waals surface area contributed by atoms with E-state index in [1.54, 1.807) is 6.92 Å². The van der Waals surface area contributed by atoms with E-state index in [1.807, 2.05) is 24.3 Å². The number of hydrogen-bond acceptors (Lipinski definition) is 4. The lowest BCUT2D eigenvalue weighted by molar-refractivity contribution is -0.142. The second kappa shape index (κ2) is 7.14. The second-order valence-corrected chi connectivity index (χ2v) is 6.88. The number of aliphatic hydroxyl groups is 1. The molecule has 0 bridgehead atoms. The number of rotatable bonds is 7. The summed E-state index contributed by atoms with van der Waals surface area (Å²) in [5.41, 5.74) is 2.30. The number of ether oxygens (including phenoxy) is 1. The Kier molecular flexibility index (Phi) is 5.46. The van der Waals surface area contributed by atoms with Crippen molar-refractivity contribution in [3.63, 3.8) is 0 Å². The molecule has 122 valence electrons. The topological polar surface area (TPSA) is 58.6 Å². The van der Waals surface area contributed by atoms with Gasteiger partial charge in [-0.1, -0.05) is 26.0 Å². The Morgan fingerprint density at radius 3 is 2.55 bits per heavy atom. The molecule has 22 heavy (non-hydrogen) atoms. The summed E-state index contributed by atoms with van der Waals surface area (Å²) in [6, 6.07) is 7.83. The average Bonchev–Trinajstić information content (AvgIpc) is 2.45. The molecule has 1 aliphatic rings. The quantitative estimate of drug-likeness (QED) is 0.757. The molecule has 1 saturated carbocycles. The highest BCUT2D eigenvalue weighted by Gasteiger charge is 2.40. The maximum absolute atomic E-state index is 11.2. The predicted molar refractivity (Wildman–Crippen MR) is 87.6 cm³/mol. The van der Waals surface area contributed by atoms with Crippen molar-refractivity contribution in [3.05, 3.63) is 29.8 Å². The van der Waals surface area contributed by atoms with Crippen molar-refractivity contribution in [2.24, 2.45) is 11.3 Å². The molecule has 2 rings (SSSR count). The molecule has 1 aliphatic carbocycles. The highest BCUT2D eigenvalue weighted by Crippen LogP contribution is 2.50. The summed E-state index contributed by atoms with van der Waals surface area (Å²) in [4.78, 5) is 11.2. The number of hydrogen-bond donors (Lipinski definition) is 2. The van der Waals surface area contributed by atoms with Crippen molar-refractivity contribution >= 4 is 11.7 Å². The Morgan fingerprint density at radius 2 is 2.00 bits per heavy atom. The van der Waals surface area contributed by atoms with Gasteiger partial charge in [0.1, 0.15) is 0 Å². The van der Waals surface area contributed by atoms with E-state index in [9.17, 15) is 9.90 Å². The number of carbonyl (C=O) groups is 1. The summed E-state index contributed by atoms with van der Waals surface area (Å²) in [6.45, 7) is 7.26. The highest BCUT2D eigenvalue weighted by atomic mass is 16.5. The molecule has 1 fully saturated rings. The third-order valence-electron chi connectivity index (χ3n) is 4.29. The van der Waals surface area contributed by atoms with Crippen molar-refractivity contribution in [2.45, 2.75) is 46.1 Å². The molecule has 0 radical (unpaired) electrons. The minimum absolute atomic E-state index is 0.186. The zero-order valence-electron chi connectivity index (χ0n) is 13.8. The summed E-state index contributed by atoms with van der Waals surface area (Å²) >= 11 is 0. The Labute approximate surface area is 132 Å². The van der Waals surface area contributed by atoms with Gasteiger partial charge < -0.3 is 15.2 Å². The van der Waals surface area contributed by atoms with E-state index in [4.69, 9.17) is 4.74 Å². The fraction of sp³-hybridized carbons (Fsp3) is 0.611. The molecule has 0 heterocycles. The molecule has 0 spiro atoms. The first-order chi connectivity index (χ1) is 10.4. The van der Waals surface area contributed by atoms with Gasteiger partial charge in [-0.25, -0.2) is 0 Å². The van der Waals surface area contributed by atoms with E-state index in [1.165, 1.54) is 0 Å². The third-order valence-corrected chi connectivity index (χ3v) is 4.29. The van der Waals surface area contributed by atoms with Crippen LogP contribution in [0.15, 0.2) is 24.3 Å². The van der Waals surface area contributed by atoms with Crippen LogP contribution in [0.3, 0.4) is 0 Å². The molecule has 1 aromatic rings. The molecule has 4 heteroatoms. The summed E-state index contributed by atoms with van der Waals surface area (Å²) in [7, 11) is 0. The monoisotopic (exact) mass is 305 g/mol. The smallest absolute Gasteiger partial charge is 0.307 e. The van der Waals surface area contributed by atoms with Crippen LogP contribution in [0, 0.1) is 11.3 Å². The van der Waals surface area contributed by atoms with Crippen LogP contribution < -0.4 is 5.32 Å². The Bertz CT molecular complexity index is 488. The van der Waals surface area contributed by atoms with Crippen molar-refractivity contribution in [1.82, 2.24) is 0 Å². The van der Waals surface area contributed by atoms with E-state index < -0.39 is 0 Å². The highest BCUT2D eigenvalue weighted by molar-refractivity contribution is 5.70. The summed E-state index contributed by atoms with van der Waals surface area (Å²) in [5, 5.41) is 13.6. The van der Waals surface area contributed by atoms with Gasteiger partial charge in [0, 0.05) is 12.2 Å². The van der Waals surface area contributed by atoms with Crippen LogP contribution in [-0.2, 0) is 9.53 Å². The van der Waals surface area contributed by atoms with Gasteiger partial charge >= 0.3 is 5.97 Å². The summed E-state index contributed by atoms with van der Waals surface area (Å²) in [5.74, 6) is 0.187. The van der Waals surface area contributed by atoms with Crippen LogP contribution >= 0.6 is 0 Å². The minimum Gasteiger partial charge on any atom is -0.466 e. The van der Waals surface area contributed by atoms with Crippen LogP contribution in [0.25, 0.3) is 0 Å². The lowest BCUT2D eigenvalue weighted by Crippen LogP contribution is -2.35. The lowest BCUT2D eigenvalue weighted by atomic mass is 9.62. The largest absolute Gasteiger partial charge is 0.466 e. The summed E-state index contributed by atoms with van der Waals surface area (Å²) in [6.07, 6.45) is 2.14. The molecular formula is C18H27NO3. The van der Waals surface area contributed by atoms with Crippen LogP contribution in [-0.4, -0.2) is 24.2 Å². The van der Waals surface area contributed by atoms with Crippen LogP contribution in [0.5, 0.6) is 0 Å². The fourth-order valence-corrected chi connectivity index (χ4v) is 3.20. The molecule has 0 aromatic heterocycles. The lowest BCUT2D eigenvalue weighted by Gasteiger charge is -2.45. The SMILES string of the molecule is CCOC(=O)CCNc1ccc(C(O)C2CC(C)(C)C2)cc1. The first-order valence-electron chi connectivity index (χ1n) is 8.09. The van der Waals surface area contributed by atoms with Gasteiger partial charge in [0.05, 0.1) is 19.1 Å². The average molecular weight is 305 g/mol. The molecule has 1 atom stereocenters. The molecule has 1 aromatic carbocycles. The number of carbonyl (C=O) groups excluding carboxylic acids is 1.